The Kier molecular flexibility index (Phi) is 4.94. The lowest BCUT2D eigenvalue weighted by Crippen LogP contribution is -2.38. The molecule has 5 rings (SSSR count). The number of methoxy groups -OCH3 is 1. The standard InChI is InChI=1S/C23H23N3O5S/c1-24-10-9-13-11-15-19(31-12-30-15)20(29-3)16(13)18(24)17-21(27)25(2)23(32)26(22(17)28)14-7-5-4-6-8-14/h4-8,11,18,27H,9-10,12H2,1-3H3. The molecule has 0 radical (unpaired) electrons. The number of hydrogen-bond acceptors (Lipinski definition) is 7. The summed E-state index contributed by atoms with van der Waals surface area (Å²) in [6.45, 7) is 0.796. The molecule has 0 bridgehead atoms. The monoisotopic (exact) mass is 453 g/mol. The molecule has 2 aromatic carbocycles. The maximum Gasteiger partial charge on any atom is 0.267 e. The van der Waals surface area contributed by atoms with Crippen molar-refractivity contribution in [1.29, 1.82) is 0 Å². The van der Waals surface area contributed by atoms with Crippen LogP contribution in [-0.4, -0.2) is 46.6 Å². The van der Waals surface area contributed by atoms with Crippen LogP contribution in [0, 0.1) is 4.77 Å². The zero-order valence-corrected chi connectivity index (χ0v) is 18.8. The van der Waals surface area contributed by atoms with E-state index in [4.69, 9.17) is 26.4 Å². The predicted octanol–water partition coefficient (Wildman–Crippen LogP) is 2.93. The summed E-state index contributed by atoms with van der Waals surface area (Å²) in [7, 11) is 5.14. The third kappa shape index (κ3) is 2.92. The molecule has 1 atom stereocenters. The minimum atomic E-state index is -0.563. The number of likely N-dealkylation sites (N-methyl/N-ethyl adjacent to an activating group) is 1. The lowest BCUT2D eigenvalue weighted by Gasteiger charge is -2.36. The number of fused-ring (bicyclic) bond motifs is 2. The maximum atomic E-state index is 13.9. The highest BCUT2D eigenvalue weighted by molar-refractivity contribution is 7.71. The fraction of sp³-hybridized carbons (Fsp3) is 0.304. The second-order valence-corrected chi connectivity index (χ2v) is 8.27. The number of ether oxygens (including phenoxy) is 3. The molecule has 1 unspecified atom stereocenters. The highest BCUT2D eigenvalue weighted by atomic mass is 32.1. The van der Waals surface area contributed by atoms with Crippen LogP contribution in [0.25, 0.3) is 5.69 Å². The van der Waals surface area contributed by atoms with Crippen molar-refractivity contribution >= 4 is 12.2 Å². The first-order valence-corrected chi connectivity index (χ1v) is 10.6. The van der Waals surface area contributed by atoms with Gasteiger partial charge in [-0.3, -0.25) is 18.8 Å². The second-order valence-electron chi connectivity index (χ2n) is 7.90. The van der Waals surface area contributed by atoms with E-state index < -0.39 is 6.04 Å². The van der Waals surface area contributed by atoms with Crippen molar-refractivity contribution in [3.05, 3.63) is 68.2 Å². The van der Waals surface area contributed by atoms with Crippen LogP contribution in [0.5, 0.6) is 23.1 Å². The highest BCUT2D eigenvalue weighted by Gasteiger charge is 2.38. The third-order valence-corrected chi connectivity index (χ3v) is 6.61. The highest BCUT2D eigenvalue weighted by Crippen LogP contribution is 2.51. The van der Waals surface area contributed by atoms with E-state index >= 15 is 0 Å². The summed E-state index contributed by atoms with van der Waals surface area (Å²) in [5, 5.41) is 11.1. The number of rotatable bonds is 3. The van der Waals surface area contributed by atoms with Gasteiger partial charge in [0.15, 0.2) is 16.3 Å². The Morgan fingerprint density at radius 3 is 2.62 bits per heavy atom. The molecule has 2 aliphatic rings. The van der Waals surface area contributed by atoms with Gasteiger partial charge in [-0.1, -0.05) is 18.2 Å². The first kappa shape index (κ1) is 20.6. The van der Waals surface area contributed by atoms with Crippen LogP contribution in [-0.2, 0) is 13.5 Å². The Morgan fingerprint density at radius 2 is 1.91 bits per heavy atom. The van der Waals surface area contributed by atoms with Crippen LogP contribution in [0.2, 0.25) is 0 Å². The van der Waals surface area contributed by atoms with E-state index in [0.717, 1.165) is 17.5 Å². The van der Waals surface area contributed by atoms with Gasteiger partial charge in [-0.15, -0.1) is 0 Å². The van der Waals surface area contributed by atoms with Crippen LogP contribution < -0.4 is 19.8 Å². The smallest absolute Gasteiger partial charge is 0.267 e. The molecule has 9 heteroatoms. The molecule has 3 aromatic rings. The Morgan fingerprint density at radius 1 is 1.16 bits per heavy atom. The molecule has 1 N–H and O–H groups in total. The molecule has 0 amide bonds. The molecule has 0 aliphatic carbocycles. The van der Waals surface area contributed by atoms with Crippen molar-refractivity contribution in [2.45, 2.75) is 12.5 Å². The SMILES string of the molecule is COc1c2c(cc3c1C(c1c(O)n(C)c(=S)n(-c4ccccc4)c1=O)N(C)CC3)OCO2. The molecule has 1 aromatic heterocycles. The molecule has 2 aliphatic heterocycles. The van der Waals surface area contributed by atoms with Crippen LogP contribution >= 0.6 is 12.2 Å². The van der Waals surface area contributed by atoms with Gasteiger partial charge in [-0.05, 0) is 49.4 Å². The molecule has 166 valence electrons. The van der Waals surface area contributed by atoms with Crippen molar-refractivity contribution < 1.29 is 19.3 Å². The first-order chi connectivity index (χ1) is 15.4. The minimum absolute atomic E-state index is 0.112. The molecular weight excluding hydrogens is 430 g/mol. The average Bonchev–Trinajstić information content (AvgIpc) is 3.27. The van der Waals surface area contributed by atoms with E-state index in [1.807, 2.05) is 48.3 Å². The quantitative estimate of drug-likeness (QED) is 0.611. The molecule has 0 fully saturated rings. The number of aromatic hydroxyl groups is 1. The van der Waals surface area contributed by atoms with Crippen molar-refractivity contribution in [2.75, 3.05) is 27.5 Å². The summed E-state index contributed by atoms with van der Waals surface area (Å²) < 4.78 is 20.1. The van der Waals surface area contributed by atoms with Crippen molar-refractivity contribution in [2.24, 2.45) is 7.05 Å². The topological polar surface area (TPSA) is 78.1 Å². The Balaban J connectivity index is 1.83. The lowest BCUT2D eigenvalue weighted by molar-refractivity contribution is 0.170. The van der Waals surface area contributed by atoms with E-state index in [2.05, 4.69) is 0 Å². The zero-order chi connectivity index (χ0) is 22.6. The molecule has 0 saturated heterocycles. The first-order valence-electron chi connectivity index (χ1n) is 10.2. The van der Waals surface area contributed by atoms with Gasteiger partial charge in [-0.2, -0.15) is 0 Å². The number of nitrogens with zero attached hydrogens (tertiary/aromatic N) is 3. The fourth-order valence-electron chi connectivity index (χ4n) is 4.57. The van der Waals surface area contributed by atoms with Gasteiger partial charge >= 0.3 is 0 Å². The fourth-order valence-corrected chi connectivity index (χ4v) is 4.84. The second kappa shape index (κ2) is 7.68. The van der Waals surface area contributed by atoms with Crippen LogP contribution in [0.15, 0.2) is 41.2 Å². The van der Waals surface area contributed by atoms with Gasteiger partial charge in [0, 0.05) is 19.2 Å². The van der Waals surface area contributed by atoms with Gasteiger partial charge < -0.3 is 19.3 Å². The maximum absolute atomic E-state index is 13.9. The van der Waals surface area contributed by atoms with E-state index in [1.165, 1.54) is 9.13 Å². The Hall–Kier alpha value is -3.30. The number of aromatic nitrogens is 2. The minimum Gasteiger partial charge on any atom is -0.494 e. The molecular formula is C23H23N3O5S. The number of hydrogen-bond donors (Lipinski definition) is 1. The number of benzene rings is 2. The third-order valence-electron chi connectivity index (χ3n) is 6.15. The summed E-state index contributed by atoms with van der Waals surface area (Å²) in [5.74, 6) is 1.48. The summed E-state index contributed by atoms with van der Waals surface area (Å²) in [6.07, 6.45) is 0.744. The van der Waals surface area contributed by atoms with Gasteiger partial charge in [-0.25, -0.2) is 0 Å². The Labute approximate surface area is 189 Å². The van der Waals surface area contributed by atoms with Crippen molar-refractivity contribution in [3.8, 4) is 28.8 Å². The van der Waals surface area contributed by atoms with E-state index in [-0.39, 0.29) is 28.6 Å². The molecule has 3 heterocycles. The lowest BCUT2D eigenvalue weighted by atomic mass is 9.87. The predicted molar refractivity (Wildman–Crippen MR) is 121 cm³/mol. The summed E-state index contributed by atoms with van der Waals surface area (Å²) >= 11 is 5.52. The molecule has 0 spiro atoms. The van der Waals surface area contributed by atoms with E-state index in [9.17, 15) is 9.90 Å². The van der Waals surface area contributed by atoms with Gasteiger partial charge in [0.25, 0.3) is 5.56 Å². The van der Waals surface area contributed by atoms with Crippen LogP contribution in [0.4, 0.5) is 0 Å². The van der Waals surface area contributed by atoms with Gasteiger partial charge in [0.2, 0.25) is 18.4 Å². The summed E-state index contributed by atoms with van der Waals surface area (Å²) in [6, 6.07) is 10.6. The van der Waals surface area contributed by atoms with Crippen LogP contribution in [0.1, 0.15) is 22.7 Å². The molecule has 0 saturated carbocycles. The van der Waals surface area contributed by atoms with Crippen molar-refractivity contribution in [1.82, 2.24) is 14.0 Å². The van der Waals surface area contributed by atoms with Gasteiger partial charge in [0.05, 0.1) is 24.4 Å². The van der Waals surface area contributed by atoms with Crippen molar-refractivity contribution in [3.63, 3.8) is 0 Å². The normalized spacial score (nSPS) is 17.3. The summed E-state index contributed by atoms with van der Waals surface area (Å²) in [5.41, 5.74) is 2.27. The number of para-hydroxylation sites is 1. The van der Waals surface area contributed by atoms with Crippen LogP contribution in [0.3, 0.4) is 0 Å². The molecule has 8 nitrogen and oxygen atoms in total. The largest absolute Gasteiger partial charge is 0.494 e. The average molecular weight is 454 g/mol. The van der Waals surface area contributed by atoms with E-state index in [0.29, 0.717) is 29.5 Å². The molecule has 32 heavy (non-hydrogen) atoms. The van der Waals surface area contributed by atoms with Gasteiger partial charge in [0.1, 0.15) is 0 Å². The Bertz CT molecular complexity index is 1330. The zero-order valence-electron chi connectivity index (χ0n) is 18.0. The van der Waals surface area contributed by atoms with E-state index in [1.54, 1.807) is 14.2 Å². The summed E-state index contributed by atoms with van der Waals surface area (Å²) in [4.78, 5) is 15.9.